The van der Waals surface area contributed by atoms with Gasteiger partial charge in [-0.25, -0.2) is 15.0 Å². The Hall–Kier alpha value is -4.33. The fourth-order valence-corrected chi connectivity index (χ4v) is 3.07. The van der Waals surface area contributed by atoms with Crippen LogP contribution in [-0.4, -0.2) is 39.4 Å². The van der Waals surface area contributed by atoms with Crippen LogP contribution in [0.1, 0.15) is 5.56 Å². The molecule has 2 N–H and O–H groups in total. The lowest BCUT2D eigenvalue weighted by Crippen LogP contribution is -2.17. The first-order valence-corrected chi connectivity index (χ1v) is 9.04. The molecule has 0 saturated heterocycles. The van der Waals surface area contributed by atoms with Gasteiger partial charge in [0.2, 0.25) is 18.2 Å². The summed E-state index contributed by atoms with van der Waals surface area (Å²) in [4.78, 5) is 37.8. The smallest absolute Gasteiger partial charge is 0.250 e. The molecule has 148 valence electrons. The van der Waals surface area contributed by atoms with E-state index in [4.69, 9.17) is 4.74 Å². The summed E-state index contributed by atoms with van der Waals surface area (Å²) >= 11 is 0. The van der Waals surface area contributed by atoms with Gasteiger partial charge in [-0.1, -0.05) is 18.2 Å². The number of carbonyl (C=O) groups excluding carboxylic acids is 2. The third-order valence-corrected chi connectivity index (χ3v) is 4.51. The molecule has 4 aromatic rings. The van der Waals surface area contributed by atoms with Crippen molar-refractivity contribution in [3.05, 3.63) is 66.8 Å². The van der Waals surface area contributed by atoms with Crippen molar-refractivity contribution in [2.45, 2.75) is 0 Å². The van der Waals surface area contributed by atoms with E-state index >= 15 is 0 Å². The number of carbonyl (C=O) groups is 2. The molecular formula is C22H17N5O3. The second-order valence-electron chi connectivity index (χ2n) is 6.35. The van der Waals surface area contributed by atoms with Gasteiger partial charge in [-0.2, -0.15) is 0 Å². The van der Waals surface area contributed by atoms with E-state index < -0.39 is 5.91 Å². The first-order valence-electron chi connectivity index (χ1n) is 9.04. The molecule has 30 heavy (non-hydrogen) atoms. The van der Waals surface area contributed by atoms with E-state index in [2.05, 4.69) is 25.3 Å². The average molecular weight is 399 g/mol. The Morgan fingerprint density at radius 2 is 2.03 bits per heavy atom. The Bertz CT molecular complexity index is 1260. The topological polar surface area (TPSA) is 110 Å². The van der Waals surface area contributed by atoms with Gasteiger partial charge in [0.1, 0.15) is 12.0 Å². The second kappa shape index (κ2) is 8.36. The van der Waals surface area contributed by atoms with Crippen molar-refractivity contribution in [2.24, 2.45) is 0 Å². The van der Waals surface area contributed by atoms with Crippen molar-refractivity contribution in [3.63, 3.8) is 0 Å². The number of amides is 2. The molecule has 8 heteroatoms. The summed E-state index contributed by atoms with van der Waals surface area (Å²) in [5.41, 5.74) is 5.04. The lowest BCUT2D eigenvalue weighted by Gasteiger charge is -2.05. The molecule has 0 spiro atoms. The monoisotopic (exact) mass is 399 g/mol. The number of hydrogen-bond donors (Lipinski definition) is 2. The van der Waals surface area contributed by atoms with Crippen LogP contribution in [0.25, 0.3) is 39.5 Å². The Balaban J connectivity index is 1.71. The third-order valence-electron chi connectivity index (χ3n) is 4.51. The molecule has 0 aliphatic heterocycles. The first-order chi connectivity index (χ1) is 14.7. The molecule has 0 saturated carbocycles. The van der Waals surface area contributed by atoms with Gasteiger partial charge < -0.3 is 9.72 Å². The fourth-order valence-electron chi connectivity index (χ4n) is 3.07. The van der Waals surface area contributed by atoms with Crippen molar-refractivity contribution in [2.75, 3.05) is 7.11 Å². The molecule has 3 heterocycles. The highest BCUT2D eigenvalue weighted by atomic mass is 16.5. The lowest BCUT2D eigenvalue weighted by atomic mass is 10.0. The van der Waals surface area contributed by atoms with Gasteiger partial charge in [0.25, 0.3) is 0 Å². The molecule has 0 bridgehead atoms. The predicted octanol–water partition coefficient (Wildman–Crippen LogP) is 2.98. The maximum Gasteiger partial charge on any atom is 0.250 e. The van der Waals surface area contributed by atoms with E-state index in [1.807, 2.05) is 36.5 Å². The molecule has 0 atom stereocenters. The van der Waals surface area contributed by atoms with Gasteiger partial charge in [-0.05, 0) is 29.3 Å². The third kappa shape index (κ3) is 3.93. The van der Waals surface area contributed by atoms with Crippen LogP contribution >= 0.6 is 0 Å². The number of methoxy groups -OCH3 is 1. The van der Waals surface area contributed by atoms with Crippen LogP contribution in [0.15, 0.2) is 61.2 Å². The van der Waals surface area contributed by atoms with Crippen molar-refractivity contribution < 1.29 is 14.3 Å². The normalized spacial score (nSPS) is 11.0. The standard InChI is InChI=1S/C22H17N5O3/c1-30-21-9-19(25-12-26-21)18-11-24-22-17(18)8-16(10-23-22)15-4-2-3-14(7-15)5-6-20(29)27-13-28/h2-13H,1H3,(H,23,24)(H,27,28,29). The molecule has 0 aliphatic carbocycles. The number of pyridine rings is 1. The van der Waals surface area contributed by atoms with Crippen molar-refractivity contribution in [1.82, 2.24) is 25.3 Å². The van der Waals surface area contributed by atoms with Crippen molar-refractivity contribution in [3.8, 4) is 28.3 Å². The average Bonchev–Trinajstić information content (AvgIpc) is 3.21. The fraction of sp³-hybridized carbons (Fsp3) is 0.0455. The molecule has 1 aromatic carbocycles. The number of imide groups is 1. The largest absolute Gasteiger partial charge is 0.481 e. The highest BCUT2D eigenvalue weighted by molar-refractivity contribution is 5.98. The maximum atomic E-state index is 11.4. The maximum absolute atomic E-state index is 11.4. The number of rotatable bonds is 6. The number of aromatic amines is 1. The number of aromatic nitrogens is 4. The number of nitrogens with zero attached hydrogens (tertiary/aromatic N) is 3. The highest BCUT2D eigenvalue weighted by Gasteiger charge is 2.11. The van der Waals surface area contributed by atoms with Crippen LogP contribution in [0.2, 0.25) is 0 Å². The summed E-state index contributed by atoms with van der Waals surface area (Å²) < 4.78 is 5.20. The summed E-state index contributed by atoms with van der Waals surface area (Å²) in [6.45, 7) is 0. The van der Waals surface area contributed by atoms with Crippen LogP contribution in [0.5, 0.6) is 5.88 Å². The molecular weight excluding hydrogens is 382 g/mol. The number of nitrogens with one attached hydrogen (secondary N) is 2. The first kappa shape index (κ1) is 19.0. The molecule has 0 aliphatic rings. The zero-order valence-electron chi connectivity index (χ0n) is 16.0. The number of hydrogen-bond acceptors (Lipinski definition) is 6. The van der Waals surface area contributed by atoms with Crippen LogP contribution in [0.3, 0.4) is 0 Å². The quantitative estimate of drug-likeness (QED) is 0.381. The van der Waals surface area contributed by atoms with Gasteiger partial charge >= 0.3 is 0 Å². The van der Waals surface area contributed by atoms with E-state index in [1.54, 1.807) is 25.4 Å². The minimum absolute atomic E-state index is 0.353. The molecule has 0 unspecified atom stereocenters. The summed E-state index contributed by atoms with van der Waals surface area (Å²) in [6.07, 6.45) is 8.40. The number of benzene rings is 1. The summed E-state index contributed by atoms with van der Waals surface area (Å²) in [7, 11) is 1.56. The minimum Gasteiger partial charge on any atom is -0.481 e. The van der Waals surface area contributed by atoms with Gasteiger partial charge in [-0.3, -0.25) is 14.9 Å². The van der Waals surface area contributed by atoms with Crippen LogP contribution in [0.4, 0.5) is 0 Å². The van der Waals surface area contributed by atoms with E-state index in [0.717, 1.165) is 39.0 Å². The number of fused-ring (bicyclic) bond motifs is 1. The highest BCUT2D eigenvalue weighted by Crippen LogP contribution is 2.31. The van der Waals surface area contributed by atoms with Gasteiger partial charge in [0.15, 0.2) is 0 Å². The molecule has 0 fully saturated rings. The molecule has 3 aromatic heterocycles. The Labute approximate surface area is 171 Å². The summed E-state index contributed by atoms with van der Waals surface area (Å²) in [5.74, 6) is 0.00676. The second-order valence-corrected chi connectivity index (χ2v) is 6.35. The van der Waals surface area contributed by atoms with Gasteiger partial charge in [-0.15, -0.1) is 0 Å². The molecule has 4 rings (SSSR count). The number of H-pyrrole nitrogens is 1. The number of ether oxygens (including phenoxy) is 1. The van der Waals surface area contributed by atoms with Crippen LogP contribution in [0, 0.1) is 0 Å². The van der Waals surface area contributed by atoms with Crippen molar-refractivity contribution in [1.29, 1.82) is 0 Å². The van der Waals surface area contributed by atoms with E-state index in [-0.39, 0.29) is 0 Å². The zero-order chi connectivity index (χ0) is 20.9. The Morgan fingerprint density at radius 1 is 1.13 bits per heavy atom. The van der Waals surface area contributed by atoms with E-state index in [9.17, 15) is 9.59 Å². The van der Waals surface area contributed by atoms with Crippen molar-refractivity contribution >= 4 is 29.4 Å². The van der Waals surface area contributed by atoms with Gasteiger partial charge in [0.05, 0.1) is 12.8 Å². The minimum atomic E-state index is -0.476. The Morgan fingerprint density at radius 3 is 2.87 bits per heavy atom. The lowest BCUT2D eigenvalue weighted by molar-refractivity contribution is -0.121. The van der Waals surface area contributed by atoms with Gasteiger partial charge in [0, 0.05) is 41.0 Å². The molecule has 2 amide bonds. The summed E-state index contributed by atoms with van der Waals surface area (Å²) in [6, 6.07) is 11.5. The SMILES string of the molecule is COc1cc(-c2c[nH]c3ncc(-c4cccc(C=CC(=O)NC=O)c4)cc23)ncn1. The van der Waals surface area contributed by atoms with Crippen LogP contribution in [-0.2, 0) is 9.59 Å². The van der Waals surface area contributed by atoms with E-state index in [1.165, 1.54) is 12.4 Å². The summed E-state index contributed by atoms with van der Waals surface area (Å²) in [5, 5.41) is 2.99. The molecule has 8 nitrogen and oxygen atoms in total. The predicted molar refractivity (Wildman–Crippen MR) is 112 cm³/mol. The Kier molecular flexibility index (Phi) is 5.29. The van der Waals surface area contributed by atoms with E-state index in [0.29, 0.717) is 12.3 Å². The van der Waals surface area contributed by atoms with Crippen LogP contribution < -0.4 is 10.1 Å². The zero-order valence-corrected chi connectivity index (χ0v) is 16.0. The molecule has 0 radical (unpaired) electrons.